The number of carbonyl (C=O) groups excluding carboxylic acids is 1. The summed E-state index contributed by atoms with van der Waals surface area (Å²) in [6.45, 7) is 4.65. The highest BCUT2D eigenvalue weighted by Crippen LogP contribution is 2.23. The largest absolute Gasteiger partial charge is 0.508 e. The molecular weight excluding hydrogens is 476 g/mol. The zero-order chi connectivity index (χ0) is 27.1. The fourth-order valence-electron chi connectivity index (χ4n) is 4.74. The predicted molar refractivity (Wildman–Crippen MR) is 151 cm³/mol. The van der Waals surface area contributed by atoms with Crippen molar-refractivity contribution in [1.82, 2.24) is 10.6 Å². The molecule has 0 saturated carbocycles. The number of β-amino-alcohol motifs (C(OH)–C–C–N with tert-alkyl or cyclic N) is 1. The van der Waals surface area contributed by atoms with Gasteiger partial charge in [-0.1, -0.05) is 72.8 Å². The van der Waals surface area contributed by atoms with E-state index in [-0.39, 0.29) is 23.8 Å². The zero-order valence-corrected chi connectivity index (χ0v) is 21.9. The van der Waals surface area contributed by atoms with Crippen LogP contribution in [0, 0.1) is 0 Å². The summed E-state index contributed by atoms with van der Waals surface area (Å²) < 4.78 is 0. The van der Waals surface area contributed by atoms with E-state index < -0.39 is 6.10 Å². The van der Waals surface area contributed by atoms with E-state index in [0.29, 0.717) is 30.6 Å². The minimum atomic E-state index is -0.775. The van der Waals surface area contributed by atoms with Crippen LogP contribution in [0.15, 0.2) is 84.9 Å². The first kappa shape index (κ1) is 27.3. The Morgan fingerprint density at radius 2 is 1.63 bits per heavy atom. The average Bonchev–Trinajstić information content (AvgIpc) is 2.91. The second kappa shape index (κ2) is 12.2. The second-order valence-electron chi connectivity index (χ2n) is 10.4. The van der Waals surface area contributed by atoms with Crippen LogP contribution < -0.4 is 10.6 Å². The average molecular weight is 513 g/mol. The number of hydrogen-bond acceptors (Lipinski definition) is 5. The molecule has 0 heterocycles. The van der Waals surface area contributed by atoms with E-state index >= 15 is 0 Å². The van der Waals surface area contributed by atoms with Crippen LogP contribution in [-0.4, -0.2) is 33.3 Å². The van der Waals surface area contributed by atoms with E-state index in [9.17, 15) is 20.1 Å². The quantitative estimate of drug-likeness (QED) is 0.203. The van der Waals surface area contributed by atoms with Crippen molar-refractivity contribution in [3.8, 4) is 5.75 Å². The van der Waals surface area contributed by atoms with Crippen molar-refractivity contribution >= 4 is 16.7 Å². The number of benzene rings is 4. The fourth-order valence-corrected chi connectivity index (χ4v) is 4.74. The number of rotatable bonds is 11. The van der Waals surface area contributed by atoms with E-state index in [1.165, 1.54) is 6.07 Å². The van der Waals surface area contributed by atoms with Crippen LogP contribution >= 0.6 is 0 Å². The van der Waals surface area contributed by atoms with Gasteiger partial charge in [0.05, 0.1) is 19.1 Å². The van der Waals surface area contributed by atoms with Gasteiger partial charge < -0.3 is 26.0 Å². The van der Waals surface area contributed by atoms with Crippen LogP contribution in [-0.2, 0) is 30.8 Å². The number of aliphatic hydroxyl groups is 2. The van der Waals surface area contributed by atoms with Crippen molar-refractivity contribution in [2.75, 3.05) is 6.54 Å². The molecule has 0 radical (unpaired) electrons. The Balaban J connectivity index is 1.31. The summed E-state index contributed by atoms with van der Waals surface area (Å²) in [5, 5.41) is 38.5. The second-order valence-corrected chi connectivity index (χ2v) is 10.4. The highest BCUT2D eigenvalue weighted by Gasteiger charge is 2.20. The molecule has 0 aliphatic rings. The molecule has 4 aromatic carbocycles. The van der Waals surface area contributed by atoms with Crippen LogP contribution in [0.5, 0.6) is 5.75 Å². The molecule has 0 bridgehead atoms. The van der Waals surface area contributed by atoms with Crippen LogP contribution in [0.2, 0.25) is 0 Å². The molecule has 0 saturated heterocycles. The normalized spacial score (nSPS) is 12.4. The molecule has 0 spiro atoms. The van der Waals surface area contributed by atoms with E-state index in [1.807, 2.05) is 42.5 Å². The number of phenols is 1. The highest BCUT2D eigenvalue weighted by atomic mass is 16.3. The van der Waals surface area contributed by atoms with Crippen molar-refractivity contribution in [1.29, 1.82) is 0 Å². The molecule has 0 aromatic heterocycles. The van der Waals surface area contributed by atoms with Crippen LogP contribution in [0.1, 0.15) is 47.8 Å². The molecule has 0 aliphatic carbocycles. The van der Waals surface area contributed by atoms with Crippen LogP contribution in [0.3, 0.4) is 0 Å². The van der Waals surface area contributed by atoms with Crippen molar-refractivity contribution < 1.29 is 20.1 Å². The van der Waals surface area contributed by atoms with Gasteiger partial charge in [-0.05, 0) is 65.4 Å². The van der Waals surface area contributed by atoms with Gasteiger partial charge in [0.1, 0.15) is 5.75 Å². The Morgan fingerprint density at radius 3 is 2.45 bits per heavy atom. The highest BCUT2D eigenvalue weighted by molar-refractivity contribution is 5.90. The molecule has 4 aromatic rings. The number of nitrogens with one attached hydrogen (secondary N) is 2. The SMILES string of the molecule is CC(C)(Cc1cccc(CNC(=O)Cc2cccc3ccccc23)c1)NC[C@H](O)c1ccc(O)c(CO)c1. The van der Waals surface area contributed by atoms with Crippen LogP contribution in [0.4, 0.5) is 0 Å². The number of fused-ring (bicyclic) bond motifs is 1. The molecule has 0 fully saturated rings. The van der Waals surface area contributed by atoms with Gasteiger partial charge in [-0.25, -0.2) is 0 Å². The molecule has 0 aliphatic heterocycles. The third-order valence-corrected chi connectivity index (χ3v) is 6.79. The molecule has 38 heavy (non-hydrogen) atoms. The Hall–Kier alpha value is -3.71. The smallest absolute Gasteiger partial charge is 0.224 e. The minimum absolute atomic E-state index is 0.0127. The summed E-state index contributed by atoms with van der Waals surface area (Å²) in [4.78, 5) is 12.7. The zero-order valence-electron chi connectivity index (χ0n) is 21.9. The first-order chi connectivity index (χ1) is 18.2. The summed E-state index contributed by atoms with van der Waals surface area (Å²) in [7, 11) is 0. The number of aromatic hydroxyl groups is 1. The fraction of sp³-hybridized carbons (Fsp3) is 0.281. The third-order valence-electron chi connectivity index (χ3n) is 6.79. The van der Waals surface area contributed by atoms with Crippen LogP contribution in [0.25, 0.3) is 10.8 Å². The van der Waals surface area contributed by atoms with Crippen molar-refractivity contribution in [3.63, 3.8) is 0 Å². The Bertz CT molecular complexity index is 1390. The number of hydrogen-bond donors (Lipinski definition) is 5. The maximum Gasteiger partial charge on any atom is 0.224 e. The van der Waals surface area contributed by atoms with Gasteiger partial charge >= 0.3 is 0 Å². The van der Waals surface area contributed by atoms with E-state index in [1.54, 1.807) is 12.1 Å². The topological polar surface area (TPSA) is 102 Å². The Kier molecular flexibility index (Phi) is 8.79. The standard InChI is InChI=1S/C32H36N2O4/c1-32(2,34-20-30(37)26-13-14-29(36)27(16-26)21-35)18-22-7-5-8-23(15-22)19-33-31(38)17-25-11-6-10-24-9-3-4-12-28(24)25/h3-16,30,34-37H,17-21H2,1-2H3,(H,33,38)/t30-/m0/s1. The van der Waals surface area contributed by atoms with Gasteiger partial charge in [0.25, 0.3) is 0 Å². The van der Waals surface area contributed by atoms with E-state index in [4.69, 9.17) is 0 Å². The maximum absolute atomic E-state index is 12.7. The lowest BCUT2D eigenvalue weighted by atomic mass is 9.93. The third kappa shape index (κ3) is 7.19. The summed E-state index contributed by atoms with van der Waals surface area (Å²) in [6.07, 6.45) is 0.291. The molecule has 6 nitrogen and oxygen atoms in total. The Labute approximate surface area is 224 Å². The molecule has 1 amide bonds. The lowest BCUT2D eigenvalue weighted by Gasteiger charge is -2.28. The van der Waals surface area contributed by atoms with Gasteiger partial charge in [0, 0.05) is 24.2 Å². The number of amides is 1. The van der Waals surface area contributed by atoms with E-state index in [0.717, 1.165) is 33.9 Å². The lowest BCUT2D eigenvalue weighted by molar-refractivity contribution is -0.120. The van der Waals surface area contributed by atoms with Gasteiger partial charge in [-0.3, -0.25) is 4.79 Å². The number of aliphatic hydroxyl groups excluding tert-OH is 2. The summed E-state index contributed by atoms with van der Waals surface area (Å²) in [6, 6.07) is 27.1. The molecular formula is C32H36N2O4. The van der Waals surface area contributed by atoms with Gasteiger partial charge in [0.15, 0.2) is 0 Å². The molecule has 198 valence electrons. The van der Waals surface area contributed by atoms with Gasteiger partial charge in [-0.15, -0.1) is 0 Å². The maximum atomic E-state index is 12.7. The Morgan fingerprint density at radius 1 is 0.895 bits per heavy atom. The van der Waals surface area contributed by atoms with Crippen molar-refractivity contribution in [2.45, 2.75) is 51.5 Å². The summed E-state index contributed by atoms with van der Waals surface area (Å²) >= 11 is 0. The molecule has 1 atom stereocenters. The lowest BCUT2D eigenvalue weighted by Crippen LogP contribution is -2.43. The van der Waals surface area contributed by atoms with Crippen molar-refractivity contribution in [3.05, 3.63) is 113 Å². The molecule has 6 heteroatoms. The van der Waals surface area contributed by atoms with E-state index in [2.05, 4.69) is 48.7 Å². The van der Waals surface area contributed by atoms with Crippen molar-refractivity contribution in [2.24, 2.45) is 0 Å². The van der Waals surface area contributed by atoms with Gasteiger partial charge in [0.2, 0.25) is 5.91 Å². The minimum Gasteiger partial charge on any atom is -0.508 e. The number of carbonyl (C=O) groups is 1. The monoisotopic (exact) mass is 512 g/mol. The molecule has 0 unspecified atom stereocenters. The molecule has 5 N–H and O–H groups in total. The first-order valence-electron chi connectivity index (χ1n) is 12.9. The summed E-state index contributed by atoms with van der Waals surface area (Å²) in [5.74, 6) is 0.00250. The summed E-state index contributed by atoms with van der Waals surface area (Å²) in [5.41, 5.74) is 3.91. The predicted octanol–water partition coefficient (Wildman–Crippen LogP) is 4.54. The molecule has 4 rings (SSSR count). The first-order valence-corrected chi connectivity index (χ1v) is 12.9. The van der Waals surface area contributed by atoms with Gasteiger partial charge in [-0.2, -0.15) is 0 Å².